The van der Waals surface area contributed by atoms with E-state index in [1.54, 1.807) is 0 Å². The monoisotopic (exact) mass is 332 g/mol. The summed E-state index contributed by atoms with van der Waals surface area (Å²) in [5, 5.41) is 17.5. The average molecular weight is 332 g/mol. The number of rotatable bonds is 12. The second-order valence-corrected chi connectivity index (χ2v) is 7.11. The fraction of sp³-hybridized carbons (Fsp3) is 0.750. The maximum absolute atomic E-state index is 10.5. The zero-order valence-corrected chi connectivity index (χ0v) is 14.9. The van der Waals surface area contributed by atoms with E-state index in [0.717, 1.165) is 25.7 Å². The Morgan fingerprint density at radius 1 is 1.04 bits per heavy atom. The molecule has 2 bridgehead atoms. The smallest absolute Gasteiger partial charge is 0.303 e. The van der Waals surface area contributed by atoms with Crippen molar-refractivity contribution in [3.05, 3.63) is 24.3 Å². The fourth-order valence-corrected chi connectivity index (χ4v) is 3.82. The van der Waals surface area contributed by atoms with Crippen molar-refractivity contribution in [3.8, 4) is 0 Å². The molecule has 0 saturated heterocycles. The number of hydrogen-bond donors (Lipinski definition) is 1. The molecule has 24 heavy (non-hydrogen) atoms. The Morgan fingerprint density at radius 3 is 2.62 bits per heavy atom. The van der Waals surface area contributed by atoms with Gasteiger partial charge in [0.05, 0.1) is 12.1 Å². The van der Waals surface area contributed by atoms with Gasteiger partial charge in [-0.15, -0.1) is 0 Å². The van der Waals surface area contributed by atoms with Gasteiger partial charge in [-0.2, -0.15) is 10.2 Å². The van der Waals surface area contributed by atoms with Crippen molar-refractivity contribution < 1.29 is 9.90 Å². The van der Waals surface area contributed by atoms with E-state index in [1.807, 2.05) is 0 Å². The SMILES string of the molecule is CCCCCC/C=C/C1[C@@H]2C[C@H](N=N2)[C@@H]1C/C=C\CCCC(=O)O. The number of azo groups is 1. The van der Waals surface area contributed by atoms with Gasteiger partial charge in [0.15, 0.2) is 0 Å². The molecule has 2 rings (SSSR count). The second-order valence-electron chi connectivity index (χ2n) is 7.11. The Hall–Kier alpha value is -1.45. The van der Waals surface area contributed by atoms with E-state index >= 15 is 0 Å². The van der Waals surface area contributed by atoms with E-state index in [-0.39, 0.29) is 6.42 Å². The molecule has 4 nitrogen and oxygen atoms in total. The van der Waals surface area contributed by atoms with Gasteiger partial charge in [-0.1, -0.05) is 50.5 Å². The molecule has 1 heterocycles. The number of carboxylic acids is 1. The minimum absolute atomic E-state index is 0.260. The largest absolute Gasteiger partial charge is 0.481 e. The summed E-state index contributed by atoms with van der Waals surface area (Å²) >= 11 is 0. The molecule has 1 aliphatic heterocycles. The molecule has 1 aliphatic carbocycles. The summed E-state index contributed by atoms with van der Waals surface area (Å²) in [6.45, 7) is 2.25. The molecule has 0 aromatic carbocycles. The molecule has 4 atom stereocenters. The van der Waals surface area contributed by atoms with Crippen molar-refractivity contribution >= 4 is 5.97 Å². The summed E-state index contributed by atoms with van der Waals surface area (Å²) in [5.74, 6) is 0.415. The maximum atomic E-state index is 10.5. The van der Waals surface area contributed by atoms with Crippen molar-refractivity contribution in [1.29, 1.82) is 0 Å². The zero-order chi connectivity index (χ0) is 17.2. The zero-order valence-electron chi connectivity index (χ0n) is 14.9. The number of carbonyl (C=O) groups is 1. The minimum Gasteiger partial charge on any atom is -0.481 e. The first kappa shape index (κ1) is 18.9. The van der Waals surface area contributed by atoms with E-state index in [1.165, 1.54) is 32.1 Å². The first-order chi connectivity index (χ1) is 11.7. The number of allylic oxidation sites excluding steroid dienone is 3. The van der Waals surface area contributed by atoms with E-state index in [2.05, 4.69) is 41.5 Å². The van der Waals surface area contributed by atoms with Crippen LogP contribution >= 0.6 is 0 Å². The van der Waals surface area contributed by atoms with Gasteiger partial charge in [-0.3, -0.25) is 4.79 Å². The summed E-state index contributed by atoms with van der Waals surface area (Å²) in [6.07, 6.45) is 19.6. The van der Waals surface area contributed by atoms with Crippen LogP contribution in [0.4, 0.5) is 0 Å². The van der Waals surface area contributed by atoms with E-state index in [0.29, 0.717) is 23.9 Å². The highest BCUT2D eigenvalue weighted by atomic mass is 16.4. The quantitative estimate of drug-likeness (QED) is 0.376. The Kier molecular flexibility index (Phi) is 8.20. The molecule has 0 aromatic heterocycles. The van der Waals surface area contributed by atoms with Crippen LogP contribution in [0.3, 0.4) is 0 Å². The van der Waals surface area contributed by atoms with Crippen LogP contribution in [0.5, 0.6) is 0 Å². The van der Waals surface area contributed by atoms with Crippen molar-refractivity contribution in [2.75, 3.05) is 0 Å². The summed E-state index contributed by atoms with van der Waals surface area (Å²) in [5.41, 5.74) is 0. The van der Waals surface area contributed by atoms with E-state index < -0.39 is 5.97 Å². The van der Waals surface area contributed by atoms with Crippen LogP contribution in [0.15, 0.2) is 34.5 Å². The molecule has 1 unspecified atom stereocenters. The molecule has 0 amide bonds. The molecule has 0 aromatic rings. The van der Waals surface area contributed by atoms with Gasteiger partial charge in [-0.05, 0) is 44.4 Å². The molecule has 4 heteroatoms. The molecule has 1 N–H and O–H groups in total. The van der Waals surface area contributed by atoms with Crippen LogP contribution < -0.4 is 0 Å². The predicted molar refractivity (Wildman–Crippen MR) is 97.2 cm³/mol. The van der Waals surface area contributed by atoms with Crippen LogP contribution in [-0.2, 0) is 4.79 Å². The Bertz CT molecular complexity index is 470. The summed E-state index contributed by atoms with van der Waals surface area (Å²) in [4.78, 5) is 10.5. The molecule has 134 valence electrons. The normalized spacial score (nSPS) is 28.5. The number of nitrogens with zero attached hydrogens (tertiary/aromatic N) is 2. The molecule has 0 radical (unpaired) electrons. The standard InChI is InChI=1S/C20H32N2O2/c1-2-3-4-5-6-9-12-16-17(19-15-18(16)21-22-19)13-10-7-8-11-14-20(23)24/h7,9-10,12,16-19H,2-6,8,11,13-15H2,1H3,(H,23,24)/b10-7-,12-9+/t16?,17-,18+,19+/m1/s1. The highest BCUT2D eigenvalue weighted by Gasteiger charge is 2.45. The molecular weight excluding hydrogens is 300 g/mol. The van der Waals surface area contributed by atoms with Gasteiger partial charge in [0.1, 0.15) is 0 Å². The van der Waals surface area contributed by atoms with Crippen LogP contribution in [0.25, 0.3) is 0 Å². The molecule has 2 aliphatic rings. The van der Waals surface area contributed by atoms with Crippen molar-refractivity contribution in [3.63, 3.8) is 0 Å². The summed E-state index contributed by atoms with van der Waals surface area (Å²) in [6, 6.07) is 0.792. The van der Waals surface area contributed by atoms with Crippen LogP contribution in [-0.4, -0.2) is 23.2 Å². The lowest BCUT2D eigenvalue weighted by atomic mass is 9.87. The third-order valence-electron chi connectivity index (χ3n) is 5.20. The van der Waals surface area contributed by atoms with Crippen molar-refractivity contribution in [1.82, 2.24) is 0 Å². The van der Waals surface area contributed by atoms with Crippen LogP contribution in [0, 0.1) is 11.8 Å². The number of aliphatic carboxylic acids is 1. The molecular formula is C20H32N2O2. The Morgan fingerprint density at radius 2 is 1.83 bits per heavy atom. The van der Waals surface area contributed by atoms with Crippen molar-refractivity contribution in [2.24, 2.45) is 22.1 Å². The molecule has 1 fully saturated rings. The lowest BCUT2D eigenvalue weighted by Crippen LogP contribution is -2.21. The molecule has 1 saturated carbocycles. The predicted octanol–water partition coefficient (Wildman–Crippen LogP) is 5.55. The van der Waals surface area contributed by atoms with Gasteiger partial charge in [0.25, 0.3) is 0 Å². The minimum atomic E-state index is -0.707. The van der Waals surface area contributed by atoms with Crippen LogP contribution in [0.1, 0.15) is 71.1 Å². The Balaban J connectivity index is 1.73. The van der Waals surface area contributed by atoms with Gasteiger partial charge >= 0.3 is 5.97 Å². The lowest BCUT2D eigenvalue weighted by Gasteiger charge is -2.22. The fourth-order valence-electron chi connectivity index (χ4n) is 3.82. The number of hydrogen-bond acceptors (Lipinski definition) is 3. The Labute approximate surface area is 146 Å². The first-order valence-corrected chi connectivity index (χ1v) is 9.65. The van der Waals surface area contributed by atoms with Gasteiger partial charge < -0.3 is 5.11 Å². The van der Waals surface area contributed by atoms with E-state index in [9.17, 15) is 4.79 Å². The average Bonchev–Trinajstić information content (AvgIpc) is 3.15. The van der Waals surface area contributed by atoms with Gasteiger partial charge in [-0.25, -0.2) is 0 Å². The summed E-state index contributed by atoms with van der Waals surface area (Å²) < 4.78 is 0. The van der Waals surface area contributed by atoms with Crippen LogP contribution in [0.2, 0.25) is 0 Å². The van der Waals surface area contributed by atoms with Gasteiger partial charge in [0.2, 0.25) is 0 Å². The second kappa shape index (κ2) is 10.4. The third-order valence-corrected chi connectivity index (χ3v) is 5.20. The third kappa shape index (κ3) is 5.88. The van der Waals surface area contributed by atoms with Crippen molar-refractivity contribution in [2.45, 2.75) is 83.2 Å². The highest BCUT2D eigenvalue weighted by molar-refractivity contribution is 5.66. The topological polar surface area (TPSA) is 62.0 Å². The van der Waals surface area contributed by atoms with E-state index in [4.69, 9.17) is 5.11 Å². The highest BCUT2D eigenvalue weighted by Crippen LogP contribution is 2.44. The summed E-state index contributed by atoms with van der Waals surface area (Å²) in [7, 11) is 0. The van der Waals surface area contributed by atoms with Gasteiger partial charge in [0, 0.05) is 12.3 Å². The first-order valence-electron chi connectivity index (χ1n) is 9.65. The number of carboxylic acid groups (broad SMARTS) is 1. The molecule has 0 spiro atoms. The number of unbranched alkanes of at least 4 members (excludes halogenated alkanes) is 5. The maximum Gasteiger partial charge on any atom is 0.303 e. The number of fused-ring (bicyclic) bond motifs is 2. The lowest BCUT2D eigenvalue weighted by molar-refractivity contribution is -0.137.